The highest BCUT2D eigenvalue weighted by atomic mass is 19.1. The highest BCUT2D eigenvalue weighted by molar-refractivity contribution is 5.62. The summed E-state index contributed by atoms with van der Waals surface area (Å²) in [6, 6.07) is 11.5. The van der Waals surface area contributed by atoms with Gasteiger partial charge in [0.1, 0.15) is 6.17 Å². The molecule has 1 aromatic carbocycles. The van der Waals surface area contributed by atoms with Gasteiger partial charge in [0.05, 0.1) is 0 Å². The molecule has 1 N–H and O–H groups in total. The lowest BCUT2D eigenvalue weighted by molar-refractivity contribution is 0.341. The summed E-state index contributed by atoms with van der Waals surface area (Å²) >= 11 is 0. The van der Waals surface area contributed by atoms with Gasteiger partial charge in [-0.05, 0) is 24.1 Å². The summed E-state index contributed by atoms with van der Waals surface area (Å²) in [6.07, 6.45) is 2.02. The van der Waals surface area contributed by atoms with Crippen LogP contribution < -0.4 is 5.32 Å². The van der Waals surface area contributed by atoms with Gasteiger partial charge in [0.25, 0.3) is 0 Å². The number of rotatable bonds is 3. The molecule has 1 aromatic heterocycles. The summed E-state index contributed by atoms with van der Waals surface area (Å²) in [6.45, 7) is 0.905. The van der Waals surface area contributed by atoms with Crippen molar-refractivity contribution < 1.29 is 4.39 Å². The second-order valence-electron chi connectivity index (χ2n) is 4.55. The molecule has 0 bridgehead atoms. The Labute approximate surface area is 106 Å². The second-order valence-corrected chi connectivity index (χ2v) is 4.55. The van der Waals surface area contributed by atoms with E-state index in [0.29, 0.717) is 6.42 Å². The third kappa shape index (κ3) is 2.08. The molecule has 1 unspecified atom stereocenters. The van der Waals surface area contributed by atoms with E-state index in [1.165, 1.54) is 5.56 Å². The first kappa shape index (κ1) is 11.2. The third-order valence-electron chi connectivity index (χ3n) is 3.33. The number of halogens is 1. The summed E-state index contributed by atoms with van der Waals surface area (Å²) in [4.78, 5) is 4.18. The summed E-state index contributed by atoms with van der Waals surface area (Å²) in [5, 5.41) is 3.27. The lowest BCUT2D eigenvalue weighted by atomic mass is 10.0. The largest absolute Gasteiger partial charge is 0.384 e. The first-order valence-corrected chi connectivity index (χ1v) is 6.24. The van der Waals surface area contributed by atoms with Crippen molar-refractivity contribution in [1.82, 2.24) is 4.98 Å². The van der Waals surface area contributed by atoms with Gasteiger partial charge in [-0.2, -0.15) is 0 Å². The molecule has 3 heteroatoms. The quantitative estimate of drug-likeness (QED) is 0.893. The smallest absolute Gasteiger partial charge is 0.133 e. The highest BCUT2D eigenvalue weighted by Crippen LogP contribution is 2.33. The Kier molecular flexibility index (Phi) is 2.97. The summed E-state index contributed by atoms with van der Waals surface area (Å²) in [5.41, 5.74) is 3.76. The molecule has 1 atom stereocenters. The zero-order valence-electron chi connectivity index (χ0n) is 10.1. The Balaban J connectivity index is 1.85. The maximum absolute atomic E-state index is 14.4. The Hall–Kier alpha value is -1.90. The molecule has 3 rings (SSSR count). The van der Waals surface area contributed by atoms with E-state index in [1.807, 2.05) is 30.3 Å². The minimum atomic E-state index is -1.000. The number of para-hydroxylation sites is 1. The van der Waals surface area contributed by atoms with E-state index in [1.54, 1.807) is 6.20 Å². The van der Waals surface area contributed by atoms with E-state index < -0.39 is 6.17 Å². The van der Waals surface area contributed by atoms with Crippen molar-refractivity contribution in [2.45, 2.75) is 19.0 Å². The molecular formula is C15H15FN2. The molecular weight excluding hydrogens is 227 g/mol. The molecule has 0 saturated carbocycles. The maximum atomic E-state index is 14.4. The van der Waals surface area contributed by atoms with Crippen molar-refractivity contribution in [2.75, 3.05) is 11.9 Å². The van der Waals surface area contributed by atoms with Crippen LogP contribution >= 0.6 is 0 Å². The van der Waals surface area contributed by atoms with Crippen molar-refractivity contribution in [3.63, 3.8) is 0 Å². The molecule has 0 spiro atoms. The lowest BCUT2D eigenvalue weighted by Gasteiger charge is -2.13. The zero-order valence-corrected chi connectivity index (χ0v) is 10.1. The number of hydrogen-bond donors (Lipinski definition) is 1. The minimum absolute atomic E-state index is 0.332. The Morgan fingerprint density at radius 2 is 2.17 bits per heavy atom. The Morgan fingerprint density at radius 3 is 3.00 bits per heavy atom. The molecule has 0 saturated heterocycles. The fraction of sp³-hybridized carbons (Fsp3) is 0.267. The number of fused-ring (bicyclic) bond motifs is 1. The van der Waals surface area contributed by atoms with Crippen LogP contribution in [-0.2, 0) is 12.8 Å². The minimum Gasteiger partial charge on any atom is -0.384 e. The number of pyridine rings is 1. The number of nitrogens with one attached hydrogen (secondary N) is 1. The zero-order chi connectivity index (χ0) is 12.4. The molecule has 0 fully saturated rings. The van der Waals surface area contributed by atoms with Crippen molar-refractivity contribution in [3.8, 4) is 0 Å². The van der Waals surface area contributed by atoms with Gasteiger partial charge in [-0.25, -0.2) is 4.39 Å². The molecule has 2 aromatic rings. The lowest BCUT2D eigenvalue weighted by Crippen LogP contribution is -2.02. The van der Waals surface area contributed by atoms with Crippen molar-refractivity contribution in [2.24, 2.45) is 0 Å². The van der Waals surface area contributed by atoms with Gasteiger partial charge >= 0.3 is 0 Å². The first-order valence-electron chi connectivity index (χ1n) is 6.24. The van der Waals surface area contributed by atoms with Gasteiger partial charge in [-0.15, -0.1) is 0 Å². The van der Waals surface area contributed by atoms with Gasteiger partial charge in [0.2, 0.25) is 0 Å². The molecule has 1 aliphatic heterocycles. The molecule has 2 nitrogen and oxygen atoms in total. The third-order valence-corrected chi connectivity index (χ3v) is 3.33. The molecule has 1 aliphatic rings. The van der Waals surface area contributed by atoms with E-state index in [-0.39, 0.29) is 0 Å². The summed E-state index contributed by atoms with van der Waals surface area (Å²) in [5.74, 6) is 0. The van der Waals surface area contributed by atoms with Crippen LogP contribution in [0.3, 0.4) is 0 Å². The second kappa shape index (κ2) is 4.77. The number of benzene rings is 1. The van der Waals surface area contributed by atoms with E-state index in [4.69, 9.17) is 0 Å². The fourth-order valence-corrected chi connectivity index (χ4v) is 2.44. The van der Waals surface area contributed by atoms with Gasteiger partial charge in [0, 0.05) is 36.1 Å². The van der Waals surface area contributed by atoms with Crippen molar-refractivity contribution in [1.29, 1.82) is 0 Å². The van der Waals surface area contributed by atoms with Crippen LogP contribution in [0.2, 0.25) is 0 Å². The Morgan fingerprint density at radius 1 is 1.22 bits per heavy atom. The average molecular weight is 242 g/mol. The summed E-state index contributed by atoms with van der Waals surface area (Å²) < 4.78 is 14.4. The molecule has 92 valence electrons. The van der Waals surface area contributed by atoms with Crippen molar-refractivity contribution in [3.05, 3.63) is 59.4 Å². The van der Waals surface area contributed by atoms with Crippen LogP contribution in [0, 0.1) is 0 Å². The standard InChI is InChI=1S/C15H15FN2/c16-14(10-12-5-1-2-8-17-12)13-6-3-4-11-7-9-18-15(11)13/h1-6,8,14,18H,7,9-10H2. The van der Waals surface area contributed by atoms with Crippen LogP contribution in [0.5, 0.6) is 0 Å². The van der Waals surface area contributed by atoms with E-state index in [9.17, 15) is 4.39 Å². The van der Waals surface area contributed by atoms with Gasteiger partial charge in [-0.1, -0.05) is 24.3 Å². The Bertz CT molecular complexity index is 539. The van der Waals surface area contributed by atoms with E-state index >= 15 is 0 Å². The maximum Gasteiger partial charge on any atom is 0.133 e. The number of alkyl halides is 1. The number of hydrogen-bond acceptors (Lipinski definition) is 2. The fourth-order valence-electron chi connectivity index (χ4n) is 2.44. The van der Waals surface area contributed by atoms with Crippen LogP contribution in [0.25, 0.3) is 0 Å². The first-order chi connectivity index (χ1) is 8.84. The summed E-state index contributed by atoms with van der Waals surface area (Å²) in [7, 11) is 0. The van der Waals surface area contributed by atoms with E-state index in [0.717, 1.165) is 29.9 Å². The predicted molar refractivity (Wildman–Crippen MR) is 70.4 cm³/mol. The molecule has 18 heavy (non-hydrogen) atoms. The number of anilines is 1. The van der Waals surface area contributed by atoms with Crippen LogP contribution in [0.15, 0.2) is 42.6 Å². The van der Waals surface area contributed by atoms with Gasteiger partial charge < -0.3 is 5.32 Å². The number of nitrogens with zero attached hydrogens (tertiary/aromatic N) is 1. The monoisotopic (exact) mass is 242 g/mol. The molecule has 0 aliphatic carbocycles. The number of aromatic nitrogens is 1. The molecule has 2 heterocycles. The molecule has 0 amide bonds. The van der Waals surface area contributed by atoms with E-state index in [2.05, 4.69) is 16.4 Å². The topological polar surface area (TPSA) is 24.9 Å². The molecule has 0 radical (unpaired) electrons. The highest BCUT2D eigenvalue weighted by Gasteiger charge is 2.20. The van der Waals surface area contributed by atoms with Crippen LogP contribution in [-0.4, -0.2) is 11.5 Å². The van der Waals surface area contributed by atoms with Crippen molar-refractivity contribution >= 4 is 5.69 Å². The van der Waals surface area contributed by atoms with Crippen LogP contribution in [0.4, 0.5) is 10.1 Å². The predicted octanol–water partition coefficient (Wildman–Crippen LogP) is 3.30. The average Bonchev–Trinajstić information content (AvgIpc) is 2.87. The normalized spacial score (nSPS) is 14.9. The SMILES string of the molecule is FC(Cc1ccccn1)c1cccc2c1NCC2. The van der Waals surface area contributed by atoms with Gasteiger partial charge in [-0.3, -0.25) is 4.98 Å². The van der Waals surface area contributed by atoms with Crippen LogP contribution in [0.1, 0.15) is 23.0 Å². The van der Waals surface area contributed by atoms with Gasteiger partial charge in [0.15, 0.2) is 0 Å².